The van der Waals surface area contributed by atoms with E-state index in [1.54, 1.807) is 18.5 Å². The Morgan fingerprint density at radius 3 is 2.88 bits per heavy atom. The van der Waals surface area contributed by atoms with Crippen LogP contribution in [0.25, 0.3) is 0 Å². The summed E-state index contributed by atoms with van der Waals surface area (Å²) in [5, 5.41) is 8.17. The first kappa shape index (κ1) is 16.1. The first-order valence-corrected chi connectivity index (χ1v) is 8.15. The molecule has 1 amide bonds. The molecular formula is C18H15BrN4O. The minimum atomic E-state index is -0.247. The number of halogens is 1. The lowest BCUT2D eigenvalue weighted by molar-refractivity contribution is 0.0955. The number of rotatable bonds is 5. The van der Waals surface area contributed by atoms with Crippen LogP contribution < -0.4 is 5.43 Å². The molecule has 0 atom stereocenters. The third kappa shape index (κ3) is 4.39. The van der Waals surface area contributed by atoms with Crippen molar-refractivity contribution < 1.29 is 4.79 Å². The summed E-state index contributed by atoms with van der Waals surface area (Å²) in [6.07, 6.45) is 5.22. The highest BCUT2D eigenvalue weighted by molar-refractivity contribution is 9.10. The molecule has 0 aliphatic carbocycles. The zero-order valence-corrected chi connectivity index (χ0v) is 14.3. The van der Waals surface area contributed by atoms with Gasteiger partial charge in [-0.25, -0.2) is 5.43 Å². The van der Waals surface area contributed by atoms with Crippen LogP contribution >= 0.6 is 15.9 Å². The van der Waals surface area contributed by atoms with E-state index in [0.29, 0.717) is 12.1 Å². The zero-order chi connectivity index (χ0) is 16.8. The maximum atomic E-state index is 12.2. The zero-order valence-electron chi connectivity index (χ0n) is 12.8. The average molecular weight is 383 g/mol. The fourth-order valence-electron chi connectivity index (χ4n) is 2.21. The van der Waals surface area contributed by atoms with E-state index in [9.17, 15) is 4.79 Å². The summed E-state index contributed by atoms with van der Waals surface area (Å²) >= 11 is 3.40. The smallest absolute Gasteiger partial charge is 0.268 e. The Morgan fingerprint density at radius 1 is 1.21 bits per heavy atom. The molecule has 3 rings (SSSR count). The van der Waals surface area contributed by atoms with Gasteiger partial charge in [0.15, 0.2) is 0 Å². The van der Waals surface area contributed by atoms with Crippen molar-refractivity contribution in [2.45, 2.75) is 6.54 Å². The number of hydrogen-bond acceptors (Lipinski definition) is 3. The van der Waals surface area contributed by atoms with E-state index in [1.165, 1.54) is 0 Å². The monoisotopic (exact) mass is 382 g/mol. The van der Waals surface area contributed by atoms with Gasteiger partial charge >= 0.3 is 0 Å². The fourth-order valence-corrected chi connectivity index (χ4v) is 2.63. The topological polar surface area (TPSA) is 59.3 Å². The van der Waals surface area contributed by atoms with Gasteiger partial charge in [0.05, 0.1) is 12.8 Å². The van der Waals surface area contributed by atoms with E-state index in [4.69, 9.17) is 0 Å². The first-order chi connectivity index (χ1) is 11.7. The second-order valence-electron chi connectivity index (χ2n) is 5.16. The predicted molar refractivity (Wildman–Crippen MR) is 97.0 cm³/mol. The molecule has 0 fully saturated rings. The number of nitrogens with one attached hydrogen (secondary N) is 1. The SMILES string of the molecule is O=C(NN=Cc1cccc(Br)c1)c1cccc(Cn2cccn2)c1. The Hall–Kier alpha value is -2.73. The summed E-state index contributed by atoms with van der Waals surface area (Å²) < 4.78 is 2.77. The Bertz CT molecular complexity index is 859. The number of carbonyl (C=O) groups excluding carboxylic acids is 1. The van der Waals surface area contributed by atoms with Gasteiger partial charge in [-0.1, -0.05) is 40.2 Å². The Labute approximate surface area is 148 Å². The molecule has 5 nitrogen and oxygen atoms in total. The van der Waals surface area contributed by atoms with E-state index in [1.807, 2.05) is 59.4 Å². The van der Waals surface area contributed by atoms with Crippen LogP contribution in [0.4, 0.5) is 0 Å². The maximum absolute atomic E-state index is 12.2. The predicted octanol–water partition coefficient (Wildman–Crippen LogP) is 3.46. The van der Waals surface area contributed by atoms with Crippen LogP contribution in [-0.4, -0.2) is 21.9 Å². The van der Waals surface area contributed by atoms with Crippen molar-refractivity contribution in [3.05, 3.63) is 88.2 Å². The summed E-state index contributed by atoms with van der Waals surface area (Å²) in [4.78, 5) is 12.2. The molecule has 2 aromatic carbocycles. The maximum Gasteiger partial charge on any atom is 0.271 e. The average Bonchev–Trinajstić information content (AvgIpc) is 3.08. The Morgan fingerprint density at radius 2 is 2.08 bits per heavy atom. The highest BCUT2D eigenvalue weighted by Gasteiger charge is 2.05. The van der Waals surface area contributed by atoms with E-state index in [2.05, 4.69) is 31.6 Å². The minimum Gasteiger partial charge on any atom is -0.268 e. The van der Waals surface area contributed by atoms with Crippen molar-refractivity contribution >= 4 is 28.1 Å². The number of carbonyl (C=O) groups is 1. The molecule has 1 aromatic heterocycles. The summed E-state index contributed by atoms with van der Waals surface area (Å²) in [5.41, 5.74) is 5.01. The van der Waals surface area contributed by atoms with Gasteiger partial charge < -0.3 is 0 Å². The highest BCUT2D eigenvalue weighted by atomic mass is 79.9. The lowest BCUT2D eigenvalue weighted by Gasteiger charge is -2.05. The van der Waals surface area contributed by atoms with Gasteiger partial charge in [0, 0.05) is 22.4 Å². The van der Waals surface area contributed by atoms with Crippen LogP contribution in [0.15, 0.2) is 76.6 Å². The van der Waals surface area contributed by atoms with Gasteiger partial charge in [0.2, 0.25) is 0 Å². The normalized spacial score (nSPS) is 10.9. The van der Waals surface area contributed by atoms with Crippen LogP contribution in [0.2, 0.25) is 0 Å². The van der Waals surface area contributed by atoms with E-state index >= 15 is 0 Å². The molecule has 3 aromatic rings. The van der Waals surface area contributed by atoms with E-state index in [-0.39, 0.29) is 5.91 Å². The molecule has 1 N–H and O–H groups in total. The second-order valence-corrected chi connectivity index (χ2v) is 6.07. The molecule has 6 heteroatoms. The standard InChI is InChI=1S/C18H15BrN4O/c19-17-7-2-4-14(11-17)12-20-22-18(24)16-6-1-5-15(10-16)13-23-9-3-8-21-23/h1-12H,13H2,(H,22,24). The molecule has 0 spiro atoms. The number of aromatic nitrogens is 2. The fraction of sp³-hybridized carbons (Fsp3) is 0.0556. The van der Waals surface area contributed by atoms with E-state index in [0.717, 1.165) is 15.6 Å². The minimum absolute atomic E-state index is 0.247. The quantitative estimate of drug-likeness (QED) is 0.542. The Kier molecular flexibility index (Phi) is 5.18. The molecule has 0 saturated carbocycles. The van der Waals surface area contributed by atoms with Gasteiger partial charge in [0.25, 0.3) is 5.91 Å². The van der Waals surface area contributed by atoms with Gasteiger partial charge in [-0.15, -0.1) is 0 Å². The van der Waals surface area contributed by atoms with Crippen molar-refractivity contribution in [3.63, 3.8) is 0 Å². The summed E-state index contributed by atoms with van der Waals surface area (Å²) in [6, 6.07) is 16.9. The molecule has 0 radical (unpaired) electrons. The van der Waals surface area contributed by atoms with Crippen LogP contribution in [0.1, 0.15) is 21.5 Å². The lowest BCUT2D eigenvalue weighted by atomic mass is 10.1. The van der Waals surface area contributed by atoms with Crippen molar-refractivity contribution in [1.29, 1.82) is 0 Å². The Balaban J connectivity index is 1.64. The number of amides is 1. The molecular weight excluding hydrogens is 368 g/mol. The summed E-state index contributed by atoms with van der Waals surface area (Å²) in [7, 11) is 0. The number of hydrogen-bond donors (Lipinski definition) is 1. The third-order valence-corrected chi connectivity index (χ3v) is 3.81. The largest absolute Gasteiger partial charge is 0.271 e. The number of nitrogens with zero attached hydrogens (tertiary/aromatic N) is 3. The van der Waals surface area contributed by atoms with Crippen molar-refractivity contribution in [3.8, 4) is 0 Å². The summed E-state index contributed by atoms with van der Waals surface area (Å²) in [5.74, 6) is -0.247. The molecule has 24 heavy (non-hydrogen) atoms. The number of benzene rings is 2. The first-order valence-electron chi connectivity index (χ1n) is 7.36. The molecule has 0 saturated heterocycles. The van der Waals surface area contributed by atoms with Crippen LogP contribution in [0.3, 0.4) is 0 Å². The highest BCUT2D eigenvalue weighted by Crippen LogP contribution is 2.10. The molecule has 1 heterocycles. The van der Waals surface area contributed by atoms with Crippen molar-refractivity contribution in [1.82, 2.24) is 15.2 Å². The van der Waals surface area contributed by atoms with Crippen LogP contribution in [0, 0.1) is 0 Å². The van der Waals surface area contributed by atoms with Gasteiger partial charge in [0.1, 0.15) is 0 Å². The number of hydrazone groups is 1. The third-order valence-electron chi connectivity index (χ3n) is 3.32. The van der Waals surface area contributed by atoms with Crippen LogP contribution in [0.5, 0.6) is 0 Å². The van der Waals surface area contributed by atoms with Gasteiger partial charge in [-0.2, -0.15) is 10.2 Å². The molecule has 0 aliphatic rings. The lowest BCUT2D eigenvalue weighted by Crippen LogP contribution is -2.18. The van der Waals surface area contributed by atoms with Gasteiger partial charge in [-0.05, 0) is 41.5 Å². The molecule has 120 valence electrons. The van der Waals surface area contributed by atoms with Crippen molar-refractivity contribution in [2.24, 2.45) is 5.10 Å². The molecule has 0 aliphatic heterocycles. The van der Waals surface area contributed by atoms with Gasteiger partial charge in [-0.3, -0.25) is 9.48 Å². The van der Waals surface area contributed by atoms with E-state index < -0.39 is 0 Å². The molecule has 0 bridgehead atoms. The van der Waals surface area contributed by atoms with Crippen molar-refractivity contribution in [2.75, 3.05) is 0 Å². The second kappa shape index (κ2) is 7.70. The molecule has 0 unspecified atom stereocenters. The summed E-state index contributed by atoms with van der Waals surface area (Å²) in [6.45, 7) is 0.620. The van der Waals surface area contributed by atoms with Crippen LogP contribution in [-0.2, 0) is 6.54 Å².